The Labute approximate surface area is 148 Å². The van der Waals surface area contributed by atoms with E-state index in [0.29, 0.717) is 5.92 Å². The average Bonchev–Trinajstić information content (AvgIpc) is 3.24. The highest BCUT2D eigenvalue weighted by Crippen LogP contribution is 2.29. The third kappa shape index (κ3) is 3.38. The fourth-order valence-corrected chi connectivity index (χ4v) is 3.67. The number of aromatic nitrogens is 4. The van der Waals surface area contributed by atoms with Crippen molar-refractivity contribution in [3.8, 4) is 0 Å². The number of hydrogen-bond donors (Lipinski definition) is 0. The molecule has 7 nitrogen and oxygen atoms in total. The van der Waals surface area contributed by atoms with E-state index < -0.39 is 0 Å². The van der Waals surface area contributed by atoms with Gasteiger partial charge >= 0.3 is 0 Å². The molecule has 3 heterocycles. The van der Waals surface area contributed by atoms with Crippen LogP contribution in [-0.2, 0) is 19.4 Å². The van der Waals surface area contributed by atoms with Crippen LogP contribution in [0.2, 0.25) is 0 Å². The van der Waals surface area contributed by atoms with E-state index in [1.807, 2.05) is 6.92 Å². The van der Waals surface area contributed by atoms with Crippen LogP contribution in [0.5, 0.6) is 0 Å². The van der Waals surface area contributed by atoms with Crippen LogP contribution in [0.15, 0.2) is 4.52 Å². The minimum Gasteiger partial charge on any atom is -0.354 e. The van der Waals surface area contributed by atoms with E-state index in [4.69, 9.17) is 9.51 Å². The summed E-state index contributed by atoms with van der Waals surface area (Å²) < 4.78 is 5.38. The van der Waals surface area contributed by atoms with Crippen molar-refractivity contribution in [3.63, 3.8) is 0 Å². The van der Waals surface area contributed by atoms with Gasteiger partial charge in [-0.05, 0) is 26.2 Å². The smallest absolute Gasteiger partial charge is 0.240 e. The van der Waals surface area contributed by atoms with Gasteiger partial charge in [-0.25, -0.2) is 9.97 Å². The zero-order valence-electron chi connectivity index (χ0n) is 15.3. The molecule has 25 heavy (non-hydrogen) atoms. The van der Waals surface area contributed by atoms with Crippen LogP contribution in [0, 0.1) is 6.92 Å². The molecule has 7 heteroatoms. The van der Waals surface area contributed by atoms with E-state index in [-0.39, 0.29) is 0 Å². The number of piperazine rings is 1. The lowest BCUT2D eigenvalue weighted by atomic mass is 10.2. The van der Waals surface area contributed by atoms with E-state index in [1.54, 1.807) is 0 Å². The minimum absolute atomic E-state index is 0.303. The van der Waals surface area contributed by atoms with Gasteiger partial charge in [0, 0.05) is 43.4 Å². The first kappa shape index (κ1) is 16.4. The zero-order valence-corrected chi connectivity index (χ0v) is 15.3. The third-order valence-corrected chi connectivity index (χ3v) is 5.05. The van der Waals surface area contributed by atoms with Crippen LogP contribution < -0.4 is 4.90 Å². The second-order valence-corrected chi connectivity index (χ2v) is 7.34. The molecule has 0 bridgehead atoms. The molecule has 4 rings (SSSR count). The molecular weight excluding hydrogens is 316 g/mol. The topological polar surface area (TPSA) is 71.2 Å². The van der Waals surface area contributed by atoms with Gasteiger partial charge in [0.05, 0.1) is 6.54 Å². The first-order chi connectivity index (χ1) is 12.1. The Balaban J connectivity index is 1.40. The fraction of sp³-hybridized carbons (Fsp3) is 0.667. The quantitative estimate of drug-likeness (QED) is 0.842. The second-order valence-electron chi connectivity index (χ2n) is 7.34. The van der Waals surface area contributed by atoms with Gasteiger partial charge in [-0.15, -0.1) is 0 Å². The second kappa shape index (κ2) is 6.71. The summed E-state index contributed by atoms with van der Waals surface area (Å²) in [5.74, 6) is 3.87. The monoisotopic (exact) mass is 342 g/mol. The Hall–Kier alpha value is -2.02. The van der Waals surface area contributed by atoms with Crippen molar-refractivity contribution >= 4 is 5.82 Å². The first-order valence-corrected chi connectivity index (χ1v) is 9.26. The van der Waals surface area contributed by atoms with Crippen LogP contribution in [0.4, 0.5) is 5.82 Å². The van der Waals surface area contributed by atoms with Crippen LogP contribution in [0.3, 0.4) is 0 Å². The number of anilines is 1. The predicted octanol–water partition coefficient (Wildman–Crippen LogP) is 2.10. The molecule has 1 aliphatic heterocycles. The maximum atomic E-state index is 5.38. The SMILES string of the molecule is Cc1nc2c(c(N3CCN(Cc4nc(C(C)C)no4)CC3)n1)CCC2. The Kier molecular flexibility index (Phi) is 4.41. The van der Waals surface area contributed by atoms with Crippen molar-refractivity contribution in [3.05, 3.63) is 28.8 Å². The largest absolute Gasteiger partial charge is 0.354 e. The van der Waals surface area contributed by atoms with Crippen molar-refractivity contribution in [1.29, 1.82) is 0 Å². The van der Waals surface area contributed by atoms with Gasteiger partial charge in [0.2, 0.25) is 5.89 Å². The molecule has 2 aliphatic rings. The predicted molar refractivity (Wildman–Crippen MR) is 94.7 cm³/mol. The molecule has 2 aromatic heterocycles. The van der Waals surface area contributed by atoms with Crippen LogP contribution in [-0.4, -0.2) is 51.2 Å². The molecule has 0 spiro atoms. The fourth-order valence-electron chi connectivity index (χ4n) is 3.67. The highest BCUT2D eigenvalue weighted by molar-refractivity contribution is 5.51. The van der Waals surface area contributed by atoms with Crippen molar-refractivity contribution in [2.24, 2.45) is 0 Å². The lowest BCUT2D eigenvalue weighted by Crippen LogP contribution is -2.46. The Morgan fingerprint density at radius 1 is 1.04 bits per heavy atom. The Morgan fingerprint density at radius 2 is 1.84 bits per heavy atom. The van der Waals surface area contributed by atoms with Crippen molar-refractivity contribution in [2.75, 3.05) is 31.1 Å². The molecule has 1 aliphatic carbocycles. The average molecular weight is 342 g/mol. The lowest BCUT2D eigenvalue weighted by molar-refractivity contribution is 0.214. The van der Waals surface area contributed by atoms with Gasteiger partial charge in [0.1, 0.15) is 11.6 Å². The minimum atomic E-state index is 0.303. The maximum absolute atomic E-state index is 5.38. The molecule has 1 saturated heterocycles. The molecule has 0 saturated carbocycles. The molecule has 0 radical (unpaired) electrons. The summed E-state index contributed by atoms with van der Waals surface area (Å²) >= 11 is 0. The highest BCUT2D eigenvalue weighted by Gasteiger charge is 2.25. The number of nitrogens with zero attached hydrogens (tertiary/aromatic N) is 6. The van der Waals surface area contributed by atoms with Gasteiger partial charge in [0.15, 0.2) is 5.82 Å². The number of fused-ring (bicyclic) bond motifs is 1. The maximum Gasteiger partial charge on any atom is 0.240 e. The standard InChI is InChI=1S/C18H26N6O/c1-12(2)17-21-16(25-22-17)11-23-7-9-24(10-8-23)18-14-5-4-6-15(14)19-13(3)20-18/h12H,4-11H2,1-3H3. The van der Waals surface area contributed by atoms with Gasteiger partial charge < -0.3 is 9.42 Å². The molecule has 0 unspecified atom stereocenters. The molecule has 0 atom stereocenters. The van der Waals surface area contributed by atoms with E-state index in [0.717, 1.165) is 63.1 Å². The molecule has 0 aromatic carbocycles. The molecule has 0 N–H and O–H groups in total. The van der Waals surface area contributed by atoms with Crippen LogP contribution in [0.25, 0.3) is 0 Å². The summed E-state index contributed by atoms with van der Waals surface area (Å²) in [5.41, 5.74) is 2.63. The normalized spacial score (nSPS) is 18.2. The molecule has 2 aromatic rings. The highest BCUT2D eigenvalue weighted by atomic mass is 16.5. The van der Waals surface area contributed by atoms with Crippen LogP contribution >= 0.6 is 0 Å². The third-order valence-electron chi connectivity index (χ3n) is 5.05. The summed E-state index contributed by atoms with van der Waals surface area (Å²) in [5, 5.41) is 4.05. The summed E-state index contributed by atoms with van der Waals surface area (Å²) in [6.45, 7) is 10.8. The number of hydrogen-bond acceptors (Lipinski definition) is 7. The Morgan fingerprint density at radius 3 is 2.56 bits per heavy atom. The van der Waals surface area contributed by atoms with Gasteiger partial charge in [0.25, 0.3) is 0 Å². The number of aryl methyl sites for hydroxylation is 2. The summed E-state index contributed by atoms with van der Waals surface area (Å²) in [7, 11) is 0. The van der Waals surface area contributed by atoms with Crippen molar-refractivity contribution < 1.29 is 4.52 Å². The van der Waals surface area contributed by atoms with Crippen molar-refractivity contribution in [1.82, 2.24) is 25.0 Å². The number of rotatable bonds is 4. The van der Waals surface area contributed by atoms with E-state index in [9.17, 15) is 0 Å². The first-order valence-electron chi connectivity index (χ1n) is 9.26. The van der Waals surface area contributed by atoms with Crippen molar-refractivity contribution in [2.45, 2.75) is 52.5 Å². The van der Waals surface area contributed by atoms with Gasteiger partial charge in [-0.2, -0.15) is 4.98 Å². The molecule has 134 valence electrons. The molecule has 1 fully saturated rings. The zero-order chi connectivity index (χ0) is 17.4. The van der Waals surface area contributed by atoms with E-state index in [2.05, 4.69) is 38.8 Å². The summed E-state index contributed by atoms with van der Waals surface area (Å²) in [6.07, 6.45) is 3.42. The van der Waals surface area contributed by atoms with Crippen LogP contribution in [0.1, 0.15) is 55.0 Å². The van der Waals surface area contributed by atoms with Gasteiger partial charge in [-0.1, -0.05) is 19.0 Å². The molecule has 0 amide bonds. The lowest BCUT2D eigenvalue weighted by Gasteiger charge is -2.35. The van der Waals surface area contributed by atoms with E-state index in [1.165, 1.54) is 23.5 Å². The van der Waals surface area contributed by atoms with E-state index >= 15 is 0 Å². The summed E-state index contributed by atoms with van der Waals surface area (Å²) in [6, 6.07) is 0. The molecular formula is C18H26N6O. The summed E-state index contributed by atoms with van der Waals surface area (Å²) in [4.78, 5) is 18.7. The van der Waals surface area contributed by atoms with Gasteiger partial charge in [-0.3, -0.25) is 4.90 Å². The Bertz CT molecular complexity index is 748.